The molecule has 1 aromatic rings. The van der Waals surface area contributed by atoms with Gasteiger partial charge in [-0.15, -0.1) is 0 Å². The quantitative estimate of drug-likeness (QED) is 0.882. The predicted octanol–water partition coefficient (Wildman–Crippen LogP) is 3.74. The molecular formula is C17H27FN2. The van der Waals surface area contributed by atoms with E-state index in [9.17, 15) is 4.39 Å². The fraction of sp³-hybridized carbons (Fsp3) is 0.647. The van der Waals surface area contributed by atoms with Crippen LogP contribution in [0.3, 0.4) is 0 Å². The zero-order valence-corrected chi connectivity index (χ0v) is 12.7. The summed E-state index contributed by atoms with van der Waals surface area (Å²) < 4.78 is 13.9. The summed E-state index contributed by atoms with van der Waals surface area (Å²) in [6.45, 7) is 4.55. The minimum absolute atomic E-state index is 0.101. The molecular weight excluding hydrogens is 251 g/mol. The standard InChI is InChI=1S/C17H27FN2/c1-14-8-4-3-7-12-20(14)13-11-17(19-2)15-9-5-6-10-16(15)18/h5-6,9-10,14,17,19H,3-4,7-8,11-13H2,1-2H3. The zero-order chi connectivity index (χ0) is 14.4. The molecule has 1 aliphatic heterocycles. The number of halogens is 1. The van der Waals surface area contributed by atoms with Crippen molar-refractivity contribution < 1.29 is 4.39 Å². The molecule has 2 atom stereocenters. The summed E-state index contributed by atoms with van der Waals surface area (Å²) in [4.78, 5) is 2.57. The van der Waals surface area contributed by atoms with Crippen molar-refractivity contribution in [3.63, 3.8) is 0 Å². The molecule has 1 heterocycles. The molecule has 0 aromatic heterocycles. The van der Waals surface area contributed by atoms with Crippen molar-refractivity contribution in [1.29, 1.82) is 0 Å². The van der Waals surface area contributed by atoms with Gasteiger partial charge < -0.3 is 10.2 Å². The van der Waals surface area contributed by atoms with Crippen LogP contribution in [0.25, 0.3) is 0 Å². The molecule has 1 aliphatic rings. The summed E-state index contributed by atoms with van der Waals surface area (Å²) >= 11 is 0. The highest BCUT2D eigenvalue weighted by Gasteiger charge is 2.19. The fourth-order valence-electron chi connectivity index (χ4n) is 3.17. The molecule has 1 saturated heterocycles. The monoisotopic (exact) mass is 278 g/mol. The number of hydrogen-bond acceptors (Lipinski definition) is 2. The topological polar surface area (TPSA) is 15.3 Å². The molecule has 2 rings (SSSR count). The van der Waals surface area contributed by atoms with Crippen LogP contribution in [0.15, 0.2) is 24.3 Å². The lowest BCUT2D eigenvalue weighted by Gasteiger charge is -2.29. The first-order valence-corrected chi connectivity index (χ1v) is 7.88. The van der Waals surface area contributed by atoms with Gasteiger partial charge in [-0.1, -0.05) is 31.0 Å². The zero-order valence-electron chi connectivity index (χ0n) is 12.7. The molecule has 0 saturated carbocycles. The third-order valence-corrected chi connectivity index (χ3v) is 4.52. The molecule has 2 nitrogen and oxygen atoms in total. The number of nitrogens with zero attached hydrogens (tertiary/aromatic N) is 1. The van der Waals surface area contributed by atoms with Crippen molar-refractivity contribution in [2.24, 2.45) is 0 Å². The van der Waals surface area contributed by atoms with Crippen LogP contribution in [0.1, 0.15) is 50.6 Å². The van der Waals surface area contributed by atoms with E-state index in [1.165, 1.54) is 32.2 Å². The van der Waals surface area contributed by atoms with Crippen LogP contribution in [0, 0.1) is 5.82 Å². The average Bonchev–Trinajstić information content (AvgIpc) is 2.66. The van der Waals surface area contributed by atoms with Crippen LogP contribution in [0.5, 0.6) is 0 Å². The van der Waals surface area contributed by atoms with E-state index >= 15 is 0 Å². The van der Waals surface area contributed by atoms with Crippen LogP contribution < -0.4 is 5.32 Å². The Morgan fingerprint density at radius 1 is 1.30 bits per heavy atom. The number of likely N-dealkylation sites (tertiary alicyclic amines) is 1. The summed E-state index contributed by atoms with van der Waals surface area (Å²) in [5.74, 6) is -0.101. The summed E-state index contributed by atoms with van der Waals surface area (Å²) in [6, 6.07) is 7.87. The van der Waals surface area contributed by atoms with E-state index in [4.69, 9.17) is 0 Å². The Morgan fingerprint density at radius 2 is 2.10 bits per heavy atom. The molecule has 20 heavy (non-hydrogen) atoms. The molecule has 0 spiro atoms. The maximum absolute atomic E-state index is 13.9. The molecule has 1 fully saturated rings. The first kappa shape index (κ1) is 15.5. The number of rotatable bonds is 5. The van der Waals surface area contributed by atoms with Gasteiger partial charge in [0.15, 0.2) is 0 Å². The van der Waals surface area contributed by atoms with E-state index in [0.29, 0.717) is 6.04 Å². The van der Waals surface area contributed by atoms with Crippen molar-refractivity contribution in [1.82, 2.24) is 10.2 Å². The Balaban J connectivity index is 1.95. The van der Waals surface area contributed by atoms with Gasteiger partial charge in [-0.25, -0.2) is 4.39 Å². The number of benzene rings is 1. The van der Waals surface area contributed by atoms with Crippen LogP contribution in [-0.2, 0) is 0 Å². The van der Waals surface area contributed by atoms with Gasteiger partial charge in [-0.05, 0) is 45.8 Å². The van der Waals surface area contributed by atoms with E-state index in [1.54, 1.807) is 12.1 Å². The Kier molecular flexibility index (Phi) is 5.99. The maximum Gasteiger partial charge on any atom is 0.127 e. The van der Waals surface area contributed by atoms with Gasteiger partial charge in [0.2, 0.25) is 0 Å². The molecule has 0 aliphatic carbocycles. The van der Waals surface area contributed by atoms with Crippen LogP contribution in [0.4, 0.5) is 4.39 Å². The van der Waals surface area contributed by atoms with Gasteiger partial charge in [-0.3, -0.25) is 0 Å². The molecule has 1 aromatic carbocycles. The van der Waals surface area contributed by atoms with Crippen molar-refractivity contribution in [3.05, 3.63) is 35.6 Å². The molecule has 1 N–H and O–H groups in total. The maximum atomic E-state index is 13.9. The minimum Gasteiger partial charge on any atom is -0.313 e. The molecule has 3 heteroatoms. The van der Waals surface area contributed by atoms with Gasteiger partial charge in [0, 0.05) is 24.2 Å². The summed E-state index contributed by atoms with van der Waals surface area (Å²) in [6.07, 6.45) is 6.25. The van der Waals surface area contributed by atoms with Gasteiger partial charge >= 0.3 is 0 Å². The number of hydrogen-bond donors (Lipinski definition) is 1. The smallest absolute Gasteiger partial charge is 0.127 e. The highest BCUT2D eigenvalue weighted by atomic mass is 19.1. The Morgan fingerprint density at radius 3 is 2.85 bits per heavy atom. The normalized spacial score (nSPS) is 22.4. The van der Waals surface area contributed by atoms with E-state index < -0.39 is 0 Å². The van der Waals surface area contributed by atoms with Gasteiger partial charge in [-0.2, -0.15) is 0 Å². The lowest BCUT2D eigenvalue weighted by Crippen LogP contribution is -2.35. The lowest BCUT2D eigenvalue weighted by atomic mass is 10.0. The highest BCUT2D eigenvalue weighted by Crippen LogP contribution is 2.22. The summed E-state index contributed by atoms with van der Waals surface area (Å²) in [5.41, 5.74) is 0.789. The highest BCUT2D eigenvalue weighted by molar-refractivity contribution is 5.21. The van der Waals surface area contributed by atoms with Gasteiger partial charge in [0.25, 0.3) is 0 Å². The van der Waals surface area contributed by atoms with Crippen LogP contribution >= 0.6 is 0 Å². The van der Waals surface area contributed by atoms with Crippen LogP contribution in [0.2, 0.25) is 0 Å². The molecule has 0 bridgehead atoms. The predicted molar refractivity (Wildman–Crippen MR) is 82.3 cm³/mol. The SMILES string of the molecule is CNC(CCN1CCCCCC1C)c1ccccc1F. The molecule has 112 valence electrons. The second-order valence-corrected chi connectivity index (χ2v) is 5.89. The average molecular weight is 278 g/mol. The Bertz CT molecular complexity index is 408. The third kappa shape index (κ3) is 4.03. The largest absolute Gasteiger partial charge is 0.313 e. The van der Waals surface area contributed by atoms with Gasteiger partial charge in [0.05, 0.1) is 0 Å². The van der Waals surface area contributed by atoms with E-state index in [1.807, 2.05) is 19.2 Å². The Labute approximate surface area is 122 Å². The minimum atomic E-state index is -0.101. The van der Waals surface area contributed by atoms with Gasteiger partial charge in [0.1, 0.15) is 5.82 Å². The molecule has 2 unspecified atom stereocenters. The molecule has 0 radical (unpaired) electrons. The number of nitrogens with one attached hydrogen (secondary N) is 1. The van der Waals surface area contributed by atoms with Crippen LogP contribution in [-0.4, -0.2) is 31.1 Å². The van der Waals surface area contributed by atoms with E-state index in [-0.39, 0.29) is 11.9 Å². The fourth-order valence-corrected chi connectivity index (χ4v) is 3.17. The van der Waals surface area contributed by atoms with E-state index in [2.05, 4.69) is 17.1 Å². The third-order valence-electron chi connectivity index (χ3n) is 4.52. The second kappa shape index (κ2) is 7.75. The van der Waals surface area contributed by atoms with E-state index in [0.717, 1.165) is 18.5 Å². The molecule has 0 amide bonds. The van der Waals surface area contributed by atoms with Crippen molar-refractivity contribution in [2.45, 2.75) is 51.1 Å². The lowest BCUT2D eigenvalue weighted by molar-refractivity contribution is 0.202. The summed E-state index contributed by atoms with van der Waals surface area (Å²) in [5, 5.41) is 3.26. The first-order valence-electron chi connectivity index (χ1n) is 7.88. The van der Waals surface area contributed by atoms with Crippen molar-refractivity contribution in [3.8, 4) is 0 Å². The summed E-state index contributed by atoms with van der Waals surface area (Å²) in [7, 11) is 1.92. The van der Waals surface area contributed by atoms with Crippen molar-refractivity contribution >= 4 is 0 Å². The Hall–Kier alpha value is -0.930. The van der Waals surface area contributed by atoms with Crippen molar-refractivity contribution in [2.75, 3.05) is 20.1 Å². The first-order chi connectivity index (χ1) is 9.72. The second-order valence-electron chi connectivity index (χ2n) is 5.89.